The molecule has 1 fully saturated rings. The fourth-order valence-corrected chi connectivity index (χ4v) is 3.21. The summed E-state index contributed by atoms with van der Waals surface area (Å²) >= 11 is 1.67. The maximum atomic E-state index is 4.43. The first-order valence-corrected chi connectivity index (χ1v) is 6.94. The zero-order valence-electron chi connectivity index (χ0n) is 9.84. The Morgan fingerprint density at radius 2 is 2.18 bits per heavy atom. The lowest BCUT2D eigenvalue weighted by Crippen LogP contribution is -2.19. The molecule has 3 atom stereocenters. The van der Waals surface area contributed by atoms with Crippen LogP contribution in [0, 0.1) is 5.92 Å². The Bertz CT molecular complexity index is 466. The summed E-state index contributed by atoms with van der Waals surface area (Å²) in [6.45, 7) is 0. The average molecular weight is 244 g/mol. The number of nitrogens with zero attached hydrogens (tertiary/aromatic N) is 1. The maximum Gasteiger partial charge on any atom is 0.0795 e. The number of aromatic nitrogens is 1. The van der Waals surface area contributed by atoms with Crippen molar-refractivity contribution in [3.8, 4) is 0 Å². The van der Waals surface area contributed by atoms with Gasteiger partial charge in [-0.25, -0.2) is 4.98 Å². The van der Waals surface area contributed by atoms with Gasteiger partial charge in [0.25, 0.3) is 0 Å². The molecule has 1 heterocycles. The lowest BCUT2D eigenvalue weighted by molar-refractivity contribution is 0.507. The highest BCUT2D eigenvalue weighted by molar-refractivity contribution is 7.07. The molecule has 1 aliphatic carbocycles. The van der Waals surface area contributed by atoms with Crippen molar-refractivity contribution >= 4 is 11.3 Å². The van der Waals surface area contributed by atoms with Gasteiger partial charge >= 0.3 is 0 Å². The second-order valence-electron chi connectivity index (χ2n) is 4.60. The van der Waals surface area contributed by atoms with Gasteiger partial charge in [0.2, 0.25) is 0 Å². The number of hydrogen-bond donors (Lipinski definition) is 1. The summed E-state index contributed by atoms with van der Waals surface area (Å²) in [5.41, 5.74) is 4.58. The smallest absolute Gasteiger partial charge is 0.0795 e. The van der Waals surface area contributed by atoms with E-state index in [4.69, 9.17) is 0 Å². The number of nitrogens with one attached hydrogen (secondary N) is 1. The van der Waals surface area contributed by atoms with Crippen molar-refractivity contribution in [2.45, 2.75) is 18.4 Å². The molecule has 2 aromatic rings. The monoisotopic (exact) mass is 244 g/mol. The zero-order valence-corrected chi connectivity index (χ0v) is 10.7. The molecule has 0 aliphatic heterocycles. The molecule has 0 saturated heterocycles. The molecule has 1 aromatic carbocycles. The standard InChI is InChI=1S/C14H16N2S/c1-15-14(13-8-17-9-16-13)12-7-11(12)10-5-3-2-4-6-10/h2-6,8-9,11-12,14-15H,7H2,1H3. The summed E-state index contributed by atoms with van der Waals surface area (Å²) in [5.74, 6) is 1.40. The molecule has 3 rings (SSSR count). The first-order chi connectivity index (χ1) is 8.40. The number of hydrogen-bond acceptors (Lipinski definition) is 3. The summed E-state index contributed by atoms with van der Waals surface area (Å²) in [6.07, 6.45) is 1.27. The van der Waals surface area contributed by atoms with Gasteiger partial charge in [0, 0.05) is 5.38 Å². The Kier molecular flexibility index (Phi) is 2.95. The van der Waals surface area contributed by atoms with E-state index in [0.717, 1.165) is 0 Å². The molecule has 0 amide bonds. The van der Waals surface area contributed by atoms with Gasteiger partial charge in [0.15, 0.2) is 0 Å². The Hall–Kier alpha value is -1.19. The van der Waals surface area contributed by atoms with Gasteiger partial charge in [-0.15, -0.1) is 11.3 Å². The molecule has 1 aliphatic rings. The van der Waals surface area contributed by atoms with Crippen LogP contribution >= 0.6 is 11.3 Å². The lowest BCUT2D eigenvalue weighted by Gasteiger charge is -2.13. The van der Waals surface area contributed by atoms with E-state index in [1.165, 1.54) is 17.7 Å². The molecule has 0 radical (unpaired) electrons. The summed E-state index contributed by atoms with van der Waals surface area (Å²) < 4.78 is 0. The molecule has 17 heavy (non-hydrogen) atoms. The van der Waals surface area contributed by atoms with Crippen molar-refractivity contribution in [1.29, 1.82) is 0 Å². The molecule has 0 spiro atoms. The molecule has 1 saturated carbocycles. The third kappa shape index (κ3) is 2.13. The van der Waals surface area contributed by atoms with Crippen molar-refractivity contribution in [3.05, 3.63) is 52.5 Å². The Labute approximate surface area is 106 Å². The van der Waals surface area contributed by atoms with Crippen LogP contribution in [-0.4, -0.2) is 12.0 Å². The van der Waals surface area contributed by atoms with Gasteiger partial charge in [0.05, 0.1) is 17.2 Å². The van der Waals surface area contributed by atoms with Crippen molar-refractivity contribution in [2.24, 2.45) is 5.92 Å². The topological polar surface area (TPSA) is 24.9 Å². The minimum atomic E-state index is 0.409. The highest BCUT2D eigenvalue weighted by atomic mass is 32.1. The van der Waals surface area contributed by atoms with Crippen LogP contribution in [0.25, 0.3) is 0 Å². The van der Waals surface area contributed by atoms with Gasteiger partial charge in [-0.2, -0.15) is 0 Å². The Balaban J connectivity index is 1.75. The van der Waals surface area contributed by atoms with Crippen LogP contribution in [0.3, 0.4) is 0 Å². The van der Waals surface area contributed by atoms with Crippen molar-refractivity contribution < 1.29 is 0 Å². The summed E-state index contributed by atoms with van der Waals surface area (Å²) in [4.78, 5) is 4.43. The van der Waals surface area contributed by atoms with Gasteiger partial charge in [0.1, 0.15) is 0 Å². The first kappa shape index (κ1) is 10.9. The molecular weight excluding hydrogens is 228 g/mol. The van der Waals surface area contributed by atoms with E-state index in [1.54, 1.807) is 11.3 Å². The molecule has 3 heteroatoms. The van der Waals surface area contributed by atoms with E-state index in [9.17, 15) is 0 Å². The fraction of sp³-hybridized carbons (Fsp3) is 0.357. The molecule has 3 unspecified atom stereocenters. The highest BCUT2D eigenvalue weighted by Crippen LogP contribution is 2.53. The second kappa shape index (κ2) is 4.59. The average Bonchev–Trinajstić information content (AvgIpc) is 2.97. The third-order valence-electron chi connectivity index (χ3n) is 3.58. The highest BCUT2D eigenvalue weighted by Gasteiger charge is 2.44. The predicted molar refractivity (Wildman–Crippen MR) is 71.2 cm³/mol. The van der Waals surface area contributed by atoms with Crippen molar-refractivity contribution in [3.63, 3.8) is 0 Å². The second-order valence-corrected chi connectivity index (χ2v) is 5.32. The van der Waals surface area contributed by atoms with Gasteiger partial charge in [-0.1, -0.05) is 30.3 Å². The van der Waals surface area contributed by atoms with Crippen LogP contribution < -0.4 is 5.32 Å². The normalized spacial score (nSPS) is 24.5. The molecular formula is C14H16N2S. The van der Waals surface area contributed by atoms with Gasteiger partial charge < -0.3 is 5.32 Å². The summed E-state index contributed by atoms with van der Waals surface area (Å²) in [7, 11) is 2.03. The molecule has 0 bridgehead atoms. The van der Waals surface area contributed by atoms with Crippen LogP contribution in [0.15, 0.2) is 41.2 Å². The van der Waals surface area contributed by atoms with Crippen LogP contribution in [0.5, 0.6) is 0 Å². The van der Waals surface area contributed by atoms with Gasteiger partial charge in [-0.05, 0) is 30.9 Å². The van der Waals surface area contributed by atoms with Crippen LogP contribution in [-0.2, 0) is 0 Å². The van der Waals surface area contributed by atoms with E-state index in [-0.39, 0.29) is 0 Å². The molecule has 2 nitrogen and oxygen atoms in total. The van der Waals surface area contributed by atoms with Crippen LogP contribution in [0.1, 0.15) is 29.6 Å². The summed E-state index contributed by atoms with van der Waals surface area (Å²) in [5, 5.41) is 5.56. The molecule has 88 valence electrons. The quantitative estimate of drug-likeness (QED) is 0.893. The number of benzene rings is 1. The van der Waals surface area contributed by atoms with E-state index in [1.807, 2.05) is 12.6 Å². The lowest BCUT2D eigenvalue weighted by atomic mass is 10.0. The molecule has 1 aromatic heterocycles. The van der Waals surface area contributed by atoms with Crippen molar-refractivity contribution in [2.75, 3.05) is 7.05 Å². The van der Waals surface area contributed by atoms with E-state index in [2.05, 4.69) is 46.0 Å². The Morgan fingerprint density at radius 3 is 2.82 bits per heavy atom. The fourth-order valence-electron chi connectivity index (χ4n) is 2.62. The number of rotatable bonds is 4. The largest absolute Gasteiger partial charge is 0.311 e. The van der Waals surface area contributed by atoms with Gasteiger partial charge in [-0.3, -0.25) is 0 Å². The minimum Gasteiger partial charge on any atom is -0.311 e. The summed E-state index contributed by atoms with van der Waals surface area (Å²) in [6, 6.07) is 11.2. The van der Waals surface area contributed by atoms with Crippen LogP contribution in [0.2, 0.25) is 0 Å². The van der Waals surface area contributed by atoms with E-state index < -0.39 is 0 Å². The van der Waals surface area contributed by atoms with E-state index >= 15 is 0 Å². The first-order valence-electron chi connectivity index (χ1n) is 6.00. The zero-order chi connectivity index (χ0) is 11.7. The van der Waals surface area contributed by atoms with Crippen LogP contribution in [0.4, 0.5) is 0 Å². The Morgan fingerprint density at radius 1 is 1.35 bits per heavy atom. The predicted octanol–water partition coefficient (Wildman–Crippen LogP) is 3.21. The SMILES string of the molecule is CNC(c1cscn1)C1CC1c1ccccc1. The molecule has 1 N–H and O–H groups in total. The third-order valence-corrected chi connectivity index (χ3v) is 4.18. The maximum absolute atomic E-state index is 4.43. The number of thiazole rings is 1. The van der Waals surface area contributed by atoms with Crippen molar-refractivity contribution in [1.82, 2.24) is 10.3 Å². The minimum absolute atomic E-state index is 0.409. The van der Waals surface area contributed by atoms with E-state index in [0.29, 0.717) is 17.9 Å².